The zero-order chi connectivity index (χ0) is 98.7. The van der Waals surface area contributed by atoms with E-state index in [9.17, 15) is 0 Å². The van der Waals surface area contributed by atoms with E-state index in [1.165, 1.54) is 318 Å². The largest absolute Gasteiger partial charge is 0.0619 e. The normalized spacial score (nSPS) is 16.2. The van der Waals surface area contributed by atoms with Crippen LogP contribution in [0.4, 0.5) is 0 Å². The third-order valence-electron chi connectivity index (χ3n) is 37.5. The number of rotatable bonds is 0. The van der Waals surface area contributed by atoms with E-state index in [1.807, 2.05) is 0 Å². The van der Waals surface area contributed by atoms with Crippen LogP contribution < -0.4 is 0 Å². The summed E-state index contributed by atoms with van der Waals surface area (Å²) >= 11 is 0. The summed E-state index contributed by atoms with van der Waals surface area (Å²) in [5.41, 5.74) is 45.7. The molecule has 0 heteroatoms. The van der Waals surface area contributed by atoms with Crippen LogP contribution in [0.25, 0.3) is 229 Å². The lowest BCUT2D eigenvalue weighted by Crippen LogP contribution is -2.24. The highest BCUT2D eigenvalue weighted by atomic mass is 14.5. The Morgan fingerprint density at radius 2 is 0.425 bits per heavy atom. The van der Waals surface area contributed by atoms with Gasteiger partial charge in [0, 0.05) is 43.3 Å². The van der Waals surface area contributed by atoms with Crippen LogP contribution >= 0.6 is 0 Å². The van der Waals surface area contributed by atoms with E-state index in [-0.39, 0.29) is 43.3 Å². The molecular weight excluding hydrogens is 1750 g/mol. The minimum Gasteiger partial charge on any atom is -0.0619 e. The van der Waals surface area contributed by atoms with Gasteiger partial charge in [0.1, 0.15) is 0 Å². The average molecular weight is 1870 g/mol. The second-order valence-electron chi connectivity index (χ2n) is 47.9. The van der Waals surface area contributed by atoms with Crippen molar-refractivity contribution >= 4 is 140 Å². The van der Waals surface area contributed by atoms with Crippen LogP contribution in [0.5, 0.6) is 0 Å². The molecule has 0 spiro atoms. The molecule has 696 valence electrons. The van der Waals surface area contributed by atoms with Gasteiger partial charge in [-0.2, -0.15) is 0 Å². The molecular formula is C146H112. The summed E-state index contributed by atoms with van der Waals surface area (Å²) in [6.07, 6.45) is 0. The summed E-state index contributed by atoms with van der Waals surface area (Å²) in [6.45, 7) is 38.6. The number of hydrogen-bond acceptors (Lipinski definition) is 0. The summed E-state index contributed by atoms with van der Waals surface area (Å²) in [7, 11) is 0. The molecule has 0 bridgehead atoms. The molecule has 0 nitrogen and oxygen atoms in total. The summed E-state index contributed by atoms with van der Waals surface area (Å²) in [5.74, 6) is 0. The SMILES string of the molecule is CC1(C)c2ccc3ccccc3c2-c2ccc3c(c21)C(C)(C)c1cc2ccc4cccc5ccc(c1-3)c2c45.CC1(C)c2ccccc2-c2cc3c(cc21)-c1c(c2cc4ccccc4cc2c2ccccc12)C3(C)C.CC1(C)c2ccccc2-c2cc3c(cc21)-c1c(c2ccc4ccccc4c2c2ccccc12)C3(C)C.CC1(C)c2ccccc2-c2cc3c(cc21)-c1c(ccc2c1ccc1cc4ccccc4cc12)C3(C)C. The maximum atomic E-state index is 2.54. The van der Waals surface area contributed by atoms with Crippen LogP contribution in [-0.2, 0) is 43.3 Å². The molecule has 0 saturated carbocycles. The fraction of sp³-hybridized carbons (Fsp3) is 0.164. The van der Waals surface area contributed by atoms with Gasteiger partial charge in [-0.05, 0) is 385 Å². The molecule has 25 aromatic rings. The summed E-state index contributed by atoms with van der Waals surface area (Å²) < 4.78 is 0. The predicted molar refractivity (Wildman–Crippen MR) is 625 cm³/mol. The van der Waals surface area contributed by atoms with Gasteiger partial charge in [-0.3, -0.25) is 0 Å². The lowest BCUT2D eigenvalue weighted by atomic mass is 9.72. The molecule has 0 aliphatic heterocycles. The highest BCUT2D eigenvalue weighted by molar-refractivity contribution is 6.30. The van der Waals surface area contributed by atoms with Crippen LogP contribution in [0.1, 0.15) is 200 Å². The highest BCUT2D eigenvalue weighted by Crippen LogP contribution is 2.67. The van der Waals surface area contributed by atoms with Gasteiger partial charge in [0.25, 0.3) is 0 Å². The van der Waals surface area contributed by atoms with Crippen molar-refractivity contribution in [1.82, 2.24) is 0 Å². The van der Waals surface area contributed by atoms with Gasteiger partial charge in [0.05, 0.1) is 0 Å². The lowest BCUT2D eigenvalue weighted by molar-refractivity contribution is 0.601. The Balaban J connectivity index is 0.0000000902. The van der Waals surface area contributed by atoms with E-state index >= 15 is 0 Å². The van der Waals surface area contributed by atoms with Gasteiger partial charge in [-0.25, -0.2) is 0 Å². The fourth-order valence-electron chi connectivity index (χ4n) is 30.4. The topological polar surface area (TPSA) is 0 Å². The van der Waals surface area contributed by atoms with E-state index in [4.69, 9.17) is 0 Å². The van der Waals surface area contributed by atoms with E-state index in [0.717, 1.165) is 0 Å². The second-order valence-corrected chi connectivity index (χ2v) is 47.9. The Hall–Kier alpha value is -15.9. The molecule has 0 fully saturated rings. The molecule has 25 aromatic carbocycles. The molecule has 0 unspecified atom stereocenters. The van der Waals surface area contributed by atoms with Gasteiger partial charge in [0.2, 0.25) is 0 Å². The fourth-order valence-corrected chi connectivity index (χ4v) is 30.4. The predicted octanol–water partition coefficient (Wildman–Crippen LogP) is 39.6. The molecule has 8 aliphatic carbocycles. The summed E-state index contributed by atoms with van der Waals surface area (Å²) in [4.78, 5) is 0. The first-order valence-electron chi connectivity index (χ1n) is 52.9. The summed E-state index contributed by atoms with van der Waals surface area (Å²) in [6, 6.07) is 147. The Morgan fingerprint density at radius 1 is 0.110 bits per heavy atom. The zero-order valence-corrected chi connectivity index (χ0v) is 86.0. The highest BCUT2D eigenvalue weighted by Gasteiger charge is 2.51. The Bertz CT molecular complexity index is 10100. The van der Waals surface area contributed by atoms with Crippen molar-refractivity contribution in [3.05, 3.63) is 477 Å². The standard InChI is InChI=1S/C38H28.3C36H28/c1-37(2)29-19-15-21-8-5-6-11-25(21)33(29)27-17-18-28-34-26-16-14-23-10-7-9-22-12-13-24(32(26)31(22)23)20-30(34)38(3,4)36(28)35(27)37;1-35(2)29-16-10-9-13-23(29)27-19-31-28(20-30(27)35)33-25-15-8-7-14-24(25)32-22-12-6-5-11-21(22)17-18-26(32)34(33)36(31,3)4;1-35(2)30-16-10-9-14-24(30)27-19-32-29(20-31(27)35)33-25-15-8-7-13-23(25)26-17-21-11-5-6-12-22(21)18-28(26)34(33)36(32,3)4;1-35(2)30-12-8-7-11-25(30)28-19-33-29(20-32(28)35)34-26-14-13-23-17-21-9-5-6-10-22(21)18-27(23)24(26)15-16-31(34)36(33,3)4/h5-20H,1-4H3;3*5-20H,1-4H3. The van der Waals surface area contributed by atoms with E-state index < -0.39 is 0 Å². The monoisotopic (exact) mass is 1860 g/mol. The van der Waals surface area contributed by atoms with Crippen LogP contribution in [0.15, 0.2) is 388 Å². The Morgan fingerprint density at radius 3 is 0.986 bits per heavy atom. The Labute approximate surface area is 854 Å². The quantitative estimate of drug-likeness (QED) is 0.105. The summed E-state index contributed by atoms with van der Waals surface area (Å²) in [5, 5.41) is 35.1. The molecule has 0 amide bonds. The molecule has 146 heavy (non-hydrogen) atoms. The molecule has 0 saturated heterocycles. The van der Waals surface area contributed by atoms with Crippen molar-refractivity contribution in [3.8, 4) is 89.0 Å². The zero-order valence-electron chi connectivity index (χ0n) is 86.0. The van der Waals surface area contributed by atoms with Gasteiger partial charge < -0.3 is 0 Å². The van der Waals surface area contributed by atoms with Crippen molar-refractivity contribution in [3.63, 3.8) is 0 Å². The van der Waals surface area contributed by atoms with Gasteiger partial charge >= 0.3 is 0 Å². The number of benzene rings is 25. The minimum atomic E-state index is -0.0912. The molecule has 0 heterocycles. The van der Waals surface area contributed by atoms with Gasteiger partial charge in [-0.15, -0.1) is 0 Å². The number of hydrogen-bond donors (Lipinski definition) is 0. The third-order valence-corrected chi connectivity index (χ3v) is 37.5. The van der Waals surface area contributed by atoms with Crippen LogP contribution in [0.2, 0.25) is 0 Å². The lowest BCUT2D eigenvalue weighted by Gasteiger charge is -2.30. The smallest absolute Gasteiger partial charge is 0.0165 e. The first-order chi connectivity index (χ1) is 70.5. The Kier molecular flexibility index (Phi) is 17.1. The average Bonchev–Trinajstić information content (AvgIpc) is 1.47. The first kappa shape index (κ1) is 85.7. The van der Waals surface area contributed by atoms with Crippen molar-refractivity contribution in [2.45, 2.75) is 154 Å². The van der Waals surface area contributed by atoms with Crippen LogP contribution in [0.3, 0.4) is 0 Å². The molecule has 0 aromatic heterocycles. The minimum absolute atomic E-state index is 0.00327. The maximum Gasteiger partial charge on any atom is 0.0165 e. The van der Waals surface area contributed by atoms with Crippen molar-refractivity contribution in [2.24, 2.45) is 0 Å². The maximum absolute atomic E-state index is 2.54. The molecule has 0 atom stereocenters. The van der Waals surface area contributed by atoms with Gasteiger partial charge in [-0.1, -0.05) is 432 Å². The second kappa shape index (κ2) is 29.1. The van der Waals surface area contributed by atoms with E-state index in [2.05, 4.69) is 499 Å². The van der Waals surface area contributed by atoms with E-state index in [0.29, 0.717) is 0 Å². The van der Waals surface area contributed by atoms with Crippen molar-refractivity contribution in [1.29, 1.82) is 0 Å². The number of fused-ring (bicyclic) bond motifs is 46. The van der Waals surface area contributed by atoms with Crippen LogP contribution in [-0.4, -0.2) is 0 Å². The first-order valence-corrected chi connectivity index (χ1v) is 52.9. The molecule has 33 rings (SSSR count). The molecule has 8 aliphatic rings. The van der Waals surface area contributed by atoms with Crippen molar-refractivity contribution in [2.75, 3.05) is 0 Å². The van der Waals surface area contributed by atoms with Crippen molar-refractivity contribution < 1.29 is 0 Å². The third kappa shape index (κ3) is 11.1. The molecule has 0 N–H and O–H groups in total. The van der Waals surface area contributed by atoms with E-state index in [1.54, 1.807) is 0 Å². The van der Waals surface area contributed by atoms with Gasteiger partial charge in [0.15, 0.2) is 0 Å². The van der Waals surface area contributed by atoms with Crippen LogP contribution in [0, 0.1) is 0 Å². The molecule has 0 radical (unpaired) electrons.